The molecule has 2 amide bonds. The predicted octanol–water partition coefficient (Wildman–Crippen LogP) is 1.48. The number of benzene rings is 1. The van der Waals surface area contributed by atoms with Gasteiger partial charge in [0.2, 0.25) is 11.8 Å². The van der Waals surface area contributed by atoms with Gasteiger partial charge in [-0.25, -0.2) is 0 Å². The third-order valence-corrected chi connectivity index (χ3v) is 5.40. The first-order valence-electron chi connectivity index (χ1n) is 9.61. The number of carbonyl (C=O) groups excluding carboxylic acids is 2. The topological polar surface area (TPSA) is 55.9 Å². The monoisotopic (exact) mass is 358 g/mol. The lowest BCUT2D eigenvalue weighted by molar-refractivity contribution is -0.132. The quantitative estimate of drug-likeness (QED) is 0.866. The van der Waals surface area contributed by atoms with Crippen LogP contribution >= 0.6 is 0 Å². The van der Waals surface area contributed by atoms with Crippen LogP contribution in [0.4, 0.5) is 5.69 Å². The molecular formula is C20H30N4O2. The molecule has 142 valence electrons. The van der Waals surface area contributed by atoms with Gasteiger partial charge >= 0.3 is 0 Å². The molecule has 0 atom stereocenters. The van der Waals surface area contributed by atoms with E-state index in [1.807, 2.05) is 36.9 Å². The maximum atomic E-state index is 12.4. The first-order chi connectivity index (χ1) is 12.5. The van der Waals surface area contributed by atoms with E-state index in [0.29, 0.717) is 13.1 Å². The number of hydrogen-bond acceptors (Lipinski definition) is 4. The van der Waals surface area contributed by atoms with Gasteiger partial charge in [0.05, 0.1) is 13.1 Å². The Balaban J connectivity index is 1.42. The van der Waals surface area contributed by atoms with Gasteiger partial charge in [-0.1, -0.05) is 18.2 Å². The summed E-state index contributed by atoms with van der Waals surface area (Å²) in [5.41, 5.74) is 3.10. The van der Waals surface area contributed by atoms with Crippen molar-refractivity contribution < 1.29 is 9.59 Å². The molecule has 1 aromatic carbocycles. The van der Waals surface area contributed by atoms with E-state index in [9.17, 15) is 9.59 Å². The van der Waals surface area contributed by atoms with Crippen molar-refractivity contribution in [3.8, 4) is 0 Å². The second-order valence-electron chi connectivity index (χ2n) is 7.46. The zero-order valence-electron chi connectivity index (χ0n) is 16.0. The van der Waals surface area contributed by atoms with Crippen molar-refractivity contribution in [2.45, 2.75) is 26.7 Å². The summed E-state index contributed by atoms with van der Waals surface area (Å²) in [6.45, 7) is 10.1. The van der Waals surface area contributed by atoms with Crippen LogP contribution in [0.1, 0.15) is 24.0 Å². The van der Waals surface area contributed by atoms with Crippen molar-refractivity contribution in [1.29, 1.82) is 0 Å². The highest BCUT2D eigenvalue weighted by Crippen LogP contribution is 2.19. The van der Waals surface area contributed by atoms with Gasteiger partial charge in [-0.3, -0.25) is 19.4 Å². The first-order valence-corrected chi connectivity index (χ1v) is 9.61. The molecule has 0 unspecified atom stereocenters. The Labute approximate surface area is 156 Å². The van der Waals surface area contributed by atoms with Crippen LogP contribution in [0.5, 0.6) is 0 Å². The summed E-state index contributed by atoms with van der Waals surface area (Å²) in [4.78, 5) is 31.0. The maximum Gasteiger partial charge on any atom is 0.238 e. The number of likely N-dealkylation sites (tertiary alicyclic amines) is 1. The number of anilines is 1. The van der Waals surface area contributed by atoms with Crippen LogP contribution in [-0.4, -0.2) is 78.9 Å². The van der Waals surface area contributed by atoms with E-state index in [1.54, 1.807) is 0 Å². The van der Waals surface area contributed by atoms with E-state index < -0.39 is 0 Å². The first kappa shape index (κ1) is 18.9. The van der Waals surface area contributed by atoms with Gasteiger partial charge in [-0.05, 0) is 37.8 Å². The Morgan fingerprint density at radius 2 is 1.42 bits per heavy atom. The highest BCUT2D eigenvalue weighted by molar-refractivity contribution is 5.93. The Hall–Kier alpha value is -1.92. The molecule has 3 rings (SSSR count). The molecule has 2 aliphatic heterocycles. The van der Waals surface area contributed by atoms with Gasteiger partial charge < -0.3 is 10.2 Å². The van der Waals surface area contributed by atoms with E-state index in [0.717, 1.165) is 68.9 Å². The molecule has 2 saturated heterocycles. The summed E-state index contributed by atoms with van der Waals surface area (Å²) in [6.07, 6.45) is 2.27. The van der Waals surface area contributed by atoms with Crippen LogP contribution in [0.3, 0.4) is 0 Å². The third-order valence-electron chi connectivity index (χ3n) is 5.40. The summed E-state index contributed by atoms with van der Waals surface area (Å²) < 4.78 is 0. The normalized spacial score (nSPS) is 18.9. The maximum absolute atomic E-state index is 12.4. The lowest BCUT2D eigenvalue weighted by Crippen LogP contribution is -2.51. The summed E-state index contributed by atoms with van der Waals surface area (Å²) in [7, 11) is 0. The van der Waals surface area contributed by atoms with Crippen molar-refractivity contribution in [2.24, 2.45) is 0 Å². The number of amides is 2. The van der Waals surface area contributed by atoms with Crippen LogP contribution in [-0.2, 0) is 9.59 Å². The number of piperazine rings is 1. The summed E-state index contributed by atoms with van der Waals surface area (Å²) in [5, 5.41) is 3.05. The van der Waals surface area contributed by atoms with Gasteiger partial charge in [-0.15, -0.1) is 0 Å². The molecule has 2 fully saturated rings. The van der Waals surface area contributed by atoms with Gasteiger partial charge in [0.1, 0.15) is 0 Å². The van der Waals surface area contributed by atoms with Gasteiger partial charge in [0.25, 0.3) is 0 Å². The minimum Gasteiger partial charge on any atom is -0.342 e. The second-order valence-corrected chi connectivity index (χ2v) is 7.46. The molecule has 0 bridgehead atoms. The van der Waals surface area contributed by atoms with Gasteiger partial charge in [-0.2, -0.15) is 0 Å². The van der Waals surface area contributed by atoms with Crippen molar-refractivity contribution in [3.63, 3.8) is 0 Å². The minimum absolute atomic E-state index is 0.0315. The van der Waals surface area contributed by atoms with Crippen LogP contribution in [0.15, 0.2) is 18.2 Å². The molecule has 0 spiro atoms. The Bertz CT molecular complexity index is 627. The zero-order valence-corrected chi connectivity index (χ0v) is 16.0. The van der Waals surface area contributed by atoms with E-state index in [1.165, 1.54) is 0 Å². The second kappa shape index (κ2) is 8.64. The molecule has 6 heteroatoms. The SMILES string of the molecule is Cc1cccc(C)c1NC(=O)CN1CCN(CC(=O)N2CCCC2)CC1. The average Bonchev–Trinajstić information content (AvgIpc) is 3.15. The average molecular weight is 358 g/mol. The van der Waals surface area contributed by atoms with Crippen molar-refractivity contribution in [2.75, 3.05) is 57.7 Å². The molecule has 0 aromatic heterocycles. The molecule has 0 saturated carbocycles. The fourth-order valence-corrected chi connectivity index (χ4v) is 3.76. The Kier molecular flexibility index (Phi) is 6.27. The minimum atomic E-state index is 0.0315. The summed E-state index contributed by atoms with van der Waals surface area (Å²) in [6, 6.07) is 6.03. The zero-order chi connectivity index (χ0) is 18.5. The number of carbonyl (C=O) groups is 2. The van der Waals surface area contributed by atoms with Crippen LogP contribution < -0.4 is 5.32 Å². The van der Waals surface area contributed by atoms with Crippen LogP contribution in [0, 0.1) is 13.8 Å². The van der Waals surface area contributed by atoms with E-state index in [2.05, 4.69) is 15.1 Å². The van der Waals surface area contributed by atoms with E-state index in [-0.39, 0.29) is 11.8 Å². The van der Waals surface area contributed by atoms with Crippen LogP contribution in [0.2, 0.25) is 0 Å². The molecule has 2 heterocycles. The van der Waals surface area contributed by atoms with Crippen LogP contribution in [0.25, 0.3) is 0 Å². The fourth-order valence-electron chi connectivity index (χ4n) is 3.76. The lowest BCUT2D eigenvalue weighted by atomic mass is 10.1. The molecule has 2 aliphatic rings. The molecule has 1 aromatic rings. The number of hydrogen-bond donors (Lipinski definition) is 1. The Morgan fingerprint density at radius 3 is 2.00 bits per heavy atom. The molecule has 0 radical (unpaired) electrons. The number of rotatable bonds is 5. The number of nitrogens with one attached hydrogen (secondary N) is 1. The molecule has 26 heavy (non-hydrogen) atoms. The van der Waals surface area contributed by atoms with Gasteiger partial charge in [0, 0.05) is 45.0 Å². The number of aryl methyl sites for hydroxylation is 2. The predicted molar refractivity (Wildman–Crippen MR) is 103 cm³/mol. The highest BCUT2D eigenvalue weighted by Gasteiger charge is 2.24. The molecular weight excluding hydrogens is 328 g/mol. The van der Waals surface area contributed by atoms with Crippen molar-refractivity contribution >= 4 is 17.5 Å². The number of para-hydroxylation sites is 1. The van der Waals surface area contributed by atoms with E-state index >= 15 is 0 Å². The standard InChI is InChI=1S/C20H30N4O2/c1-16-6-5-7-17(2)20(16)21-18(25)14-22-10-12-23(13-11-22)15-19(26)24-8-3-4-9-24/h5-7H,3-4,8-15H2,1-2H3,(H,21,25). The van der Waals surface area contributed by atoms with Crippen molar-refractivity contribution in [3.05, 3.63) is 29.3 Å². The molecule has 6 nitrogen and oxygen atoms in total. The molecule has 0 aliphatic carbocycles. The fraction of sp³-hybridized carbons (Fsp3) is 0.600. The molecule has 1 N–H and O–H groups in total. The lowest BCUT2D eigenvalue weighted by Gasteiger charge is -2.34. The van der Waals surface area contributed by atoms with Crippen molar-refractivity contribution in [1.82, 2.24) is 14.7 Å². The summed E-state index contributed by atoms with van der Waals surface area (Å²) in [5.74, 6) is 0.285. The van der Waals surface area contributed by atoms with E-state index in [4.69, 9.17) is 0 Å². The summed E-state index contributed by atoms with van der Waals surface area (Å²) >= 11 is 0. The smallest absolute Gasteiger partial charge is 0.238 e. The number of nitrogens with zero attached hydrogens (tertiary/aromatic N) is 3. The third kappa shape index (κ3) is 4.83. The Morgan fingerprint density at radius 1 is 0.885 bits per heavy atom. The highest BCUT2D eigenvalue weighted by atomic mass is 16.2. The largest absolute Gasteiger partial charge is 0.342 e. The van der Waals surface area contributed by atoms with Gasteiger partial charge in [0.15, 0.2) is 0 Å².